The zero-order chi connectivity index (χ0) is 12.5. The highest BCUT2D eigenvalue weighted by molar-refractivity contribution is 5.93. The second-order valence-corrected chi connectivity index (χ2v) is 4.55. The van der Waals surface area contributed by atoms with Gasteiger partial charge in [-0.3, -0.25) is 9.59 Å². The van der Waals surface area contributed by atoms with E-state index in [2.05, 4.69) is 10.3 Å². The number of amides is 1. The zero-order valence-electron chi connectivity index (χ0n) is 9.64. The van der Waals surface area contributed by atoms with Crippen LogP contribution in [0.3, 0.4) is 0 Å². The number of carboxylic acid groups (broad SMARTS) is 1. The van der Waals surface area contributed by atoms with Gasteiger partial charge in [-0.2, -0.15) is 0 Å². The number of nitrogens with zero attached hydrogens (tertiary/aromatic N) is 2. The molecule has 1 heterocycles. The lowest BCUT2D eigenvalue weighted by atomic mass is 9.74. The van der Waals surface area contributed by atoms with Gasteiger partial charge in [-0.15, -0.1) is 0 Å². The van der Waals surface area contributed by atoms with E-state index in [1.54, 1.807) is 17.9 Å². The number of aromatic nitrogens is 2. The molecular weight excluding hydrogens is 222 g/mol. The van der Waals surface area contributed by atoms with Crippen molar-refractivity contribution in [3.05, 3.63) is 18.2 Å². The number of imidazole rings is 1. The molecule has 1 aliphatic rings. The van der Waals surface area contributed by atoms with Crippen molar-refractivity contribution in [3.8, 4) is 0 Å². The van der Waals surface area contributed by atoms with Crippen LogP contribution in [-0.4, -0.2) is 32.1 Å². The molecule has 0 spiro atoms. The molecule has 0 radical (unpaired) electrons. The topological polar surface area (TPSA) is 84.2 Å². The van der Waals surface area contributed by atoms with Crippen molar-refractivity contribution in [2.24, 2.45) is 7.05 Å². The van der Waals surface area contributed by atoms with Gasteiger partial charge in [-0.25, -0.2) is 4.98 Å². The number of nitrogens with one attached hydrogen (secondary N) is 1. The number of carbonyl (C=O) groups excluding carboxylic acids is 1. The lowest BCUT2D eigenvalue weighted by Crippen LogP contribution is -2.54. The molecule has 1 saturated carbocycles. The van der Waals surface area contributed by atoms with Crippen molar-refractivity contribution in [1.82, 2.24) is 14.9 Å². The van der Waals surface area contributed by atoms with E-state index >= 15 is 0 Å². The van der Waals surface area contributed by atoms with E-state index in [-0.39, 0.29) is 12.3 Å². The Kier molecular flexibility index (Phi) is 2.87. The second kappa shape index (κ2) is 4.20. The summed E-state index contributed by atoms with van der Waals surface area (Å²) in [5, 5.41) is 11.7. The SMILES string of the molecule is Cn1cncc1C(=O)NC1(CC(=O)O)CCC1. The average Bonchev–Trinajstić information content (AvgIpc) is 2.60. The Hall–Kier alpha value is -1.85. The van der Waals surface area contributed by atoms with Crippen LogP contribution in [0.1, 0.15) is 36.2 Å². The van der Waals surface area contributed by atoms with E-state index in [4.69, 9.17) is 5.11 Å². The predicted molar refractivity (Wildman–Crippen MR) is 59.5 cm³/mol. The first kappa shape index (κ1) is 11.6. The maximum Gasteiger partial charge on any atom is 0.305 e. The van der Waals surface area contributed by atoms with E-state index in [1.165, 1.54) is 6.20 Å². The second-order valence-electron chi connectivity index (χ2n) is 4.55. The van der Waals surface area contributed by atoms with E-state index in [1.807, 2.05) is 0 Å². The summed E-state index contributed by atoms with van der Waals surface area (Å²) in [5.41, 5.74) is -0.116. The van der Waals surface area contributed by atoms with Crippen LogP contribution < -0.4 is 5.32 Å². The maximum atomic E-state index is 12.0. The fraction of sp³-hybridized carbons (Fsp3) is 0.545. The molecule has 6 heteroatoms. The molecule has 2 N–H and O–H groups in total. The smallest absolute Gasteiger partial charge is 0.305 e. The van der Waals surface area contributed by atoms with Gasteiger partial charge in [0.05, 0.1) is 24.5 Å². The van der Waals surface area contributed by atoms with Crippen LogP contribution in [-0.2, 0) is 11.8 Å². The van der Waals surface area contributed by atoms with Crippen LogP contribution in [0.15, 0.2) is 12.5 Å². The minimum atomic E-state index is -0.880. The Bertz CT molecular complexity index is 449. The monoisotopic (exact) mass is 237 g/mol. The number of hydrogen-bond acceptors (Lipinski definition) is 3. The summed E-state index contributed by atoms with van der Waals surface area (Å²) < 4.78 is 1.61. The van der Waals surface area contributed by atoms with E-state index in [9.17, 15) is 9.59 Å². The van der Waals surface area contributed by atoms with Gasteiger partial charge in [0.1, 0.15) is 5.69 Å². The molecule has 6 nitrogen and oxygen atoms in total. The van der Waals surface area contributed by atoms with Gasteiger partial charge in [0.25, 0.3) is 5.91 Å². The summed E-state index contributed by atoms with van der Waals surface area (Å²) in [6, 6.07) is 0. The molecule has 0 aliphatic heterocycles. The molecule has 0 saturated heterocycles. The van der Waals surface area contributed by atoms with Crippen LogP contribution in [0, 0.1) is 0 Å². The highest BCUT2D eigenvalue weighted by atomic mass is 16.4. The number of hydrogen-bond donors (Lipinski definition) is 2. The van der Waals surface area contributed by atoms with Gasteiger partial charge in [0, 0.05) is 7.05 Å². The highest BCUT2D eigenvalue weighted by Gasteiger charge is 2.40. The van der Waals surface area contributed by atoms with Crippen molar-refractivity contribution >= 4 is 11.9 Å². The number of carboxylic acids is 1. The van der Waals surface area contributed by atoms with Gasteiger partial charge in [-0.05, 0) is 19.3 Å². The van der Waals surface area contributed by atoms with E-state index in [0.717, 1.165) is 19.3 Å². The quantitative estimate of drug-likeness (QED) is 0.800. The summed E-state index contributed by atoms with van der Waals surface area (Å²) in [4.78, 5) is 26.6. The van der Waals surface area contributed by atoms with Crippen LogP contribution in [0.5, 0.6) is 0 Å². The largest absolute Gasteiger partial charge is 0.481 e. The Morgan fingerprint density at radius 1 is 1.59 bits per heavy atom. The summed E-state index contributed by atoms with van der Waals surface area (Å²) in [7, 11) is 1.73. The van der Waals surface area contributed by atoms with Gasteiger partial charge in [0.2, 0.25) is 0 Å². The standard InChI is InChI=1S/C11H15N3O3/c1-14-7-12-6-8(14)10(17)13-11(3-2-4-11)5-9(15)16/h6-7H,2-5H2,1H3,(H,13,17)(H,15,16). The molecule has 2 rings (SSSR count). The number of aryl methyl sites for hydroxylation is 1. The molecule has 0 unspecified atom stereocenters. The molecule has 1 aromatic heterocycles. The van der Waals surface area contributed by atoms with Crippen molar-refractivity contribution in [2.75, 3.05) is 0 Å². The first-order valence-electron chi connectivity index (χ1n) is 5.53. The summed E-state index contributed by atoms with van der Waals surface area (Å²) in [6.07, 6.45) is 5.41. The Labute approximate surface area is 98.7 Å². The molecule has 92 valence electrons. The van der Waals surface area contributed by atoms with Crippen LogP contribution in [0.2, 0.25) is 0 Å². The molecule has 0 bridgehead atoms. The Morgan fingerprint density at radius 2 is 2.29 bits per heavy atom. The number of carbonyl (C=O) groups is 2. The molecule has 1 aliphatic carbocycles. The Morgan fingerprint density at radius 3 is 2.71 bits per heavy atom. The molecule has 17 heavy (non-hydrogen) atoms. The molecule has 1 fully saturated rings. The molecule has 0 atom stereocenters. The number of rotatable bonds is 4. The fourth-order valence-corrected chi connectivity index (χ4v) is 2.12. The highest BCUT2D eigenvalue weighted by Crippen LogP contribution is 2.35. The maximum absolute atomic E-state index is 12.0. The minimum absolute atomic E-state index is 0.0173. The van der Waals surface area contributed by atoms with Gasteiger partial charge < -0.3 is 15.0 Å². The third kappa shape index (κ3) is 2.30. The number of aliphatic carboxylic acids is 1. The molecular formula is C11H15N3O3. The Balaban J connectivity index is 2.07. The normalized spacial score (nSPS) is 17.2. The molecule has 1 aromatic rings. The molecule has 1 amide bonds. The molecule has 0 aromatic carbocycles. The summed E-state index contributed by atoms with van der Waals surface area (Å²) in [6.45, 7) is 0. The first-order chi connectivity index (χ1) is 8.02. The fourth-order valence-electron chi connectivity index (χ4n) is 2.12. The van der Waals surface area contributed by atoms with Crippen LogP contribution in [0.25, 0.3) is 0 Å². The lowest BCUT2D eigenvalue weighted by Gasteiger charge is -2.41. The zero-order valence-corrected chi connectivity index (χ0v) is 9.64. The average molecular weight is 237 g/mol. The minimum Gasteiger partial charge on any atom is -0.481 e. The van der Waals surface area contributed by atoms with Gasteiger partial charge in [-0.1, -0.05) is 0 Å². The van der Waals surface area contributed by atoms with Crippen molar-refractivity contribution in [3.63, 3.8) is 0 Å². The van der Waals surface area contributed by atoms with Crippen molar-refractivity contribution in [2.45, 2.75) is 31.2 Å². The first-order valence-corrected chi connectivity index (χ1v) is 5.53. The van der Waals surface area contributed by atoms with Crippen molar-refractivity contribution < 1.29 is 14.7 Å². The van der Waals surface area contributed by atoms with Gasteiger partial charge >= 0.3 is 5.97 Å². The van der Waals surface area contributed by atoms with E-state index < -0.39 is 11.5 Å². The predicted octanol–water partition coefficient (Wildman–Crippen LogP) is 0.547. The van der Waals surface area contributed by atoms with E-state index in [0.29, 0.717) is 5.69 Å². The third-order valence-electron chi connectivity index (χ3n) is 3.23. The summed E-state index contributed by atoms with van der Waals surface area (Å²) in [5.74, 6) is -1.14. The van der Waals surface area contributed by atoms with Gasteiger partial charge in [0.15, 0.2) is 0 Å². The van der Waals surface area contributed by atoms with Crippen LogP contribution >= 0.6 is 0 Å². The van der Waals surface area contributed by atoms with Crippen molar-refractivity contribution in [1.29, 1.82) is 0 Å². The third-order valence-corrected chi connectivity index (χ3v) is 3.23. The van der Waals surface area contributed by atoms with Crippen LogP contribution in [0.4, 0.5) is 0 Å². The summed E-state index contributed by atoms with van der Waals surface area (Å²) >= 11 is 0. The lowest BCUT2D eigenvalue weighted by molar-refractivity contribution is -0.139.